The number of rotatable bonds is 9. The van der Waals surface area contributed by atoms with Crippen LogP contribution in [0.3, 0.4) is 0 Å². The first-order valence-electron chi connectivity index (χ1n) is 7.61. The van der Waals surface area contributed by atoms with E-state index in [0.29, 0.717) is 18.1 Å². The van der Waals surface area contributed by atoms with Crippen molar-refractivity contribution < 1.29 is 9.47 Å². The van der Waals surface area contributed by atoms with Gasteiger partial charge in [-0.05, 0) is 24.2 Å². The summed E-state index contributed by atoms with van der Waals surface area (Å²) in [6.07, 6.45) is 2.25. The van der Waals surface area contributed by atoms with Crippen molar-refractivity contribution in [3.05, 3.63) is 59.8 Å². The molecule has 0 aliphatic carbocycles. The molecule has 0 saturated carbocycles. The highest BCUT2D eigenvalue weighted by molar-refractivity contribution is 5.37. The molecular weight excluding hydrogens is 290 g/mol. The van der Waals surface area contributed by atoms with E-state index in [2.05, 4.69) is 16.4 Å². The summed E-state index contributed by atoms with van der Waals surface area (Å²) >= 11 is 0. The SMILES string of the molecule is COCCNCC[C@@H](Oc1ncccc1C#N)c1ccccc1. The van der Waals surface area contributed by atoms with E-state index in [1.54, 1.807) is 25.4 Å². The second kappa shape index (κ2) is 9.57. The zero-order valence-corrected chi connectivity index (χ0v) is 13.2. The number of nitriles is 1. The molecular formula is C18H21N3O2. The average Bonchev–Trinajstić information content (AvgIpc) is 2.61. The Labute approximate surface area is 136 Å². The highest BCUT2D eigenvalue weighted by Gasteiger charge is 2.15. The lowest BCUT2D eigenvalue weighted by Gasteiger charge is -2.19. The third-order valence-corrected chi connectivity index (χ3v) is 3.38. The van der Waals surface area contributed by atoms with Gasteiger partial charge in [-0.1, -0.05) is 30.3 Å². The van der Waals surface area contributed by atoms with Gasteiger partial charge in [0.2, 0.25) is 5.88 Å². The molecule has 5 nitrogen and oxygen atoms in total. The number of methoxy groups -OCH3 is 1. The number of pyridine rings is 1. The van der Waals surface area contributed by atoms with Gasteiger partial charge in [0.15, 0.2) is 0 Å². The molecule has 5 heteroatoms. The van der Waals surface area contributed by atoms with E-state index in [4.69, 9.17) is 9.47 Å². The van der Waals surface area contributed by atoms with Crippen molar-refractivity contribution in [2.45, 2.75) is 12.5 Å². The van der Waals surface area contributed by atoms with Gasteiger partial charge in [0, 0.05) is 26.3 Å². The lowest BCUT2D eigenvalue weighted by molar-refractivity contribution is 0.177. The van der Waals surface area contributed by atoms with Crippen LogP contribution in [-0.2, 0) is 4.74 Å². The van der Waals surface area contributed by atoms with Crippen LogP contribution in [0.25, 0.3) is 0 Å². The van der Waals surface area contributed by atoms with Crippen molar-refractivity contribution in [1.29, 1.82) is 5.26 Å². The summed E-state index contributed by atoms with van der Waals surface area (Å²) in [4.78, 5) is 4.19. The Kier molecular flexibility index (Phi) is 7.05. The Morgan fingerprint density at radius 3 is 2.74 bits per heavy atom. The Morgan fingerprint density at radius 2 is 2.00 bits per heavy atom. The highest BCUT2D eigenvalue weighted by atomic mass is 16.5. The monoisotopic (exact) mass is 311 g/mol. The van der Waals surface area contributed by atoms with Gasteiger partial charge in [-0.15, -0.1) is 0 Å². The Hall–Kier alpha value is -2.42. The van der Waals surface area contributed by atoms with Crippen LogP contribution in [0.2, 0.25) is 0 Å². The summed E-state index contributed by atoms with van der Waals surface area (Å²) in [6, 6.07) is 15.5. The number of nitrogens with one attached hydrogen (secondary N) is 1. The van der Waals surface area contributed by atoms with Crippen molar-refractivity contribution >= 4 is 0 Å². The zero-order chi connectivity index (χ0) is 16.3. The number of hydrogen-bond donors (Lipinski definition) is 1. The van der Waals surface area contributed by atoms with Crippen LogP contribution in [-0.4, -0.2) is 31.8 Å². The van der Waals surface area contributed by atoms with Crippen LogP contribution < -0.4 is 10.1 Å². The van der Waals surface area contributed by atoms with Crippen LogP contribution in [0.5, 0.6) is 5.88 Å². The van der Waals surface area contributed by atoms with E-state index < -0.39 is 0 Å². The lowest BCUT2D eigenvalue weighted by Crippen LogP contribution is -2.23. The summed E-state index contributed by atoms with van der Waals surface area (Å²) in [5, 5.41) is 12.5. The van der Waals surface area contributed by atoms with E-state index in [-0.39, 0.29) is 6.10 Å². The molecule has 1 heterocycles. The maximum atomic E-state index is 9.18. The van der Waals surface area contributed by atoms with Crippen LogP contribution in [0, 0.1) is 11.3 Å². The van der Waals surface area contributed by atoms with Gasteiger partial charge in [0.05, 0.1) is 6.61 Å². The van der Waals surface area contributed by atoms with E-state index in [0.717, 1.165) is 25.1 Å². The molecule has 2 rings (SSSR count). The second-order valence-electron chi connectivity index (χ2n) is 5.02. The molecule has 0 radical (unpaired) electrons. The minimum Gasteiger partial charge on any atom is -0.468 e. The topological polar surface area (TPSA) is 67.2 Å². The predicted octanol–water partition coefficient (Wildman–Crippen LogP) is 2.70. The number of hydrogen-bond acceptors (Lipinski definition) is 5. The Bertz CT molecular complexity index is 626. The first-order chi connectivity index (χ1) is 11.3. The molecule has 120 valence electrons. The van der Waals surface area contributed by atoms with Gasteiger partial charge < -0.3 is 14.8 Å². The quantitative estimate of drug-likeness (QED) is 0.721. The maximum absolute atomic E-state index is 9.18. The first kappa shape index (κ1) is 16.9. The molecule has 0 bridgehead atoms. The number of benzene rings is 1. The molecule has 1 aromatic heterocycles. The van der Waals surface area contributed by atoms with Crippen LogP contribution in [0.15, 0.2) is 48.7 Å². The summed E-state index contributed by atoms with van der Waals surface area (Å²) in [5.74, 6) is 0.376. The van der Waals surface area contributed by atoms with E-state index in [9.17, 15) is 5.26 Å². The zero-order valence-electron chi connectivity index (χ0n) is 13.2. The van der Waals surface area contributed by atoms with Crippen LogP contribution >= 0.6 is 0 Å². The van der Waals surface area contributed by atoms with Crippen LogP contribution in [0.4, 0.5) is 0 Å². The van der Waals surface area contributed by atoms with Gasteiger partial charge in [-0.2, -0.15) is 5.26 Å². The number of nitrogens with zero attached hydrogens (tertiary/aromatic N) is 2. The van der Waals surface area contributed by atoms with Gasteiger partial charge in [-0.3, -0.25) is 0 Å². The molecule has 0 amide bonds. The van der Waals surface area contributed by atoms with Gasteiger partial charge in [0.1, 0.15) is 17.7 Å². The van der Waals surface area contributed by atoms with Gasteiger partial charge in [-0.25, -0.2) is 4.98 Å². The van der Waals surface area contributed by atoms with Crippen LogP contribution in [0.1, 0.15) is 23.7 Å². The molecule has 0 aliphatic rings. The third kappa shape index (κ3) is 5.37. The summed E-state index contributed by atoms with van der Waals surface area (Å²) in [6.45, 7) is 2.26. The molecule has 0 saturated heterocycles. The van der Waals surface area contributed by atoms with Crippen molar-refractivity contribution in [2.75, 3.05) is 26.8 Å². The van der Waals surface area contributed by atoms with E-state index >= 15 is 0 Å². The molecule has 1 atom stereocenters. The van der Waals surface area contributed by atoms with E-state index in [1.807, 2.05) is 30.3 Å². The molecule has 1 aromatic carbocycles. The average molecular weight is 311 g/mol. The molecule has 0 spiro atoms. The molecule has 1 N–H and O–H groups in total. The Balaban J connectivity index is 2.06. The van der Waals surface area contributed by atoms with Crippen molar-refractivity contribution in [3.8, 4) is 11.9 Å². The van der Waals surface area contributed by atoms with Crippen molar-refractivity contribution in [1.82, 2.24) is 10.3 Å². The normalized spacial score (nSPS) is 11.7. The van der Waals surface area contributed by atoms with Gasteiger partial charge in [0.25, 0.3) is 0 Å². The predicted molar refractivity (Wildman–Crippen MR) is 88.1 cm³/mol. The fourth-order valence-electron chi connectivity index (χ4n) is 2.20. The molecule has 2 aromatic rings. The molecule has 0 unspecified atom stereocenters. The molecule has 23 heavy (non-hydrogen) atoms. The maximum Gasteiger partial charge on any atom is 0.232 e. The smallest absolute Gasteiger partial charge is 0.232 e. The number of ether oxygens (including phenoxy) is 2. The summed E-state index contributed by atoms with van der Waals surface area (Å²) in [7, 11) is 1.68. The fourth-order valence-corrected chi connectivity index (χ4v) is 2.20. The second-order valence-corrected chi connectivity index (χ2v) is 5.02. The minimum atomic E-state index is -0.159. The molecule has 0 fully saturated rings. The van der Waals surface area contributed by atoms with E-state index in [1.165, 1.54) is 0 Å². The standard InChI is InChI=1S/C18H21N3O2/c1-22-13-12-20-11-9-17(15-6-3-2-4-7-15)23-18-16(14-19)8-5-10-21-18/h2-8,10,17,20H,9,11-13H2,1H3/t17-/m1/s1. The minimum absolute atomic E-state index is 0.159. The Morgan fingerprint density at radius 1 is 1.17 bits per heavy atom. The lowest BCUT2D eigenvalue weighted by atomic mass is 10.1. The van der Waals surface area contributed by atoms with Gasteiger partial charge >= 0.3 is 0 Å². The van der Waals surface area contributed by atoms with Crippen molar-refractivity contribution in [2.24, 2.45) is 0 Å². The third-order valence-electron chi connectivity index (χ3n) is 3.38. The fraction of sp³-hybridized carbons (Fsp3) is 0.333. The largest absolute Gasteiger partial charge is 0.468 e. The highest BCUT2D eigenvalue weighted by Crippen LogP contribution is 2.25. The summed E-state index contributed by atoms with van der Waals surface area (Å²) in [5.41, 5.74) is 1.51. The number of aromatic nitrogens is 1. The first-order valence-corrected chi connectivity index (χ1v) is 7.61. The summed E-state index contributed by atoms with van der Waals surface area (Å²) < 4.78 is 11.0. The van der Waals surface area contributed by atoms with Crippen molar-refractivity contribution in [3.63, 3.8) is 0 Å². The molecule has 0 aliphatic heterocycles.